The number of aliphatic hydroxyl groups excluding tert-OH is 1. The molecule has 0 aliphatic rings. The van der Waals surface area contributed by atoms with E-state index in [1.165, 1.54) is 0 Å². The molecular formula is C13H15Cl2NO3. The van der Waals surface area contributed by atoms with Gasteiger partial charge >= 0.3 is 6.09 Å². The van der Waals surface area contributed by atoms with E-state index in [0.29, 0.717) is 28.5 Å². The molecule has 1 aromatic carbocycles. The maximum atomic E-state index is 11.0. The predicted octanol–water partition coefficient (Wildman–Crippen LogP) is 3.46. The Hall–Kier alpha value is -1.23. The van der Waals surface area contributed by atoms with Crippen molar-refractivity contribution in [2.24, 2.45) is 5.73 Å². The van der Waals surface area contributed by atoms with E-state index < -0.39 is 18.3 Å². The molecule has 0 radical (unpaired) electrons. The number of hydrogen-bond donors (Lipinski definition) is 2. The van der Waals surface area contributed by atoms with Crippen molar-refractivity contribution in [3.63, 3.8) is 0 Å². The monoisotopic (exact) mass is 303 g/mol. The summed E-state index contributed by atoms with van der Waals surface area (Å²) in [5.74, 6) is 0. The quantitative estimate of drug-likeness (QED) is 0.791. The number of aliphatic hydroxyl groups is 1. The summed E-state index contributed by atoms with van der Waals surface area (Å²) in [6.07, 6.45) is -0.413. The number of carbonyl (C=O) groups is 1. The van der Waals surface area contributed by atoms with Crippen LogP contribution in [0.5, 0.6) is 0 Å². The fourth-order valence-corrected chi connectivity index (χ4v) is 2.29. The third kappa shape index (κ3) is 4.42. The molecule has 104 valence electrons. The first-order chi connectivity index (χ1) is 8.97. The van der Waals surface area contributed by atoms with E-state index in [4.69, 9.17) is 33.7 Å². The molecule has 0 fully saturated rings. The Bertz CT molecular complexity index is 445. The third-order valence-electron chi connectivity index (χ3n) is 2.54. The van der Waals surface area contributed by atoms with Gasteiger partial charge in [0.1, 0.15) is 0 Å². The van der Waals surface area contributed by atoms with Crippen LogP contribution in [0.1, 0.15) is 24.5 Å². The Kier molecular flexibility index (Phi) is 6.15. The number of benzene rings is 1. The Labute approximate surface area is 121 Å². The highest BCUT2D eigenvalue weighted by molar-refractivity contribution is 6.36. The van der Waals surface area contributed by atoms with E-state index in [-0.39, 0.29) is 0 Å². The summed E-state index contributed by atoms with van der Waals surface area (Å²) in [5, 5.41) is 10.7. The average molecular weight is 304 g/mol. The van der Waals surface area contributed by atoms with Crippen molar-refractivity contribution in [1.82, 2.24) is 0 Å². The lowest BCUT2D eigenvalue weighted by Gasteiger charge is -2.24. The van der Waals surface area contributed by atoms with Crippen molar-refractivity contribution in [2.45, 2.75) is 25.0 Å². The Balaban J connectivity index is 3.08. The van der Waals surface area contributed by atoms with Gasteiger partial charge in [0.2, 0.25) is 0 Å². The summed E-state index contributed by atoms with van der Waals surface area (Å²) in [6.45, 7) is 3.57. The first-order valence-electron chi connectivity index (χ1n) is 5.66. The van der Waals surface area contributed by atoms with Gasteiger partial charge < -0.3 is 15.6 Å². The SMILES string of the molecule is C=CCCC(O)C(OC(N)=O)c1c(Cl)cccc1Cl. The van der Waals surface area contributed by atoms with Crippen molar-refractivity contribution in [3.05, 3.63) is 46.5 Å². The van der Waals surface area contributed by atoms with Crippen LogP contribution < -0.4 is 5.73 Å². The van der Waals surface area contributed by atoms with Gasteiger partial charge in [0, 0.05) is 15.6 Å². The van der Waals surface area contributed by atoms with Gasteiger partial charge in [-0.3, -0.25) is 0 Å². The van der Waals surface area contributed by atoms with Crippen LogP contribution >= 0.6 is 23.2 Å². The molecular weight excluding hydrogens is 289 g/mol. The number of nitrogens with two attached hydrogens (primary N) is 1. The smallest absolute Gasteiger partial charge is 0.405 e. The fraction of sp³-hybridized carbons (Fsp3) is 0.308. The minimum atomic E-state index is -1.00. The van der Waals surface area contributed by atoms with E-state index in [0.717, 1.165) is 0 Å². The molecule has 0 aliphatic carbocycles. The Morgan fingerprint density at radius 2 is 2.05 bits per heavy atom. The number of rotatable bonds is 6. The van der Waals surface area contributed by atoms with E-state index in [1.54, 1.807) is 24.3 Å². The lowest BCUT2D eigenvalue weighted by molar-refractivity contribution is 0.00152. The lowest BCUT2D eigenvalue weighted by Crippen LogP contribution is -2.27. The molecule has 0 aliphatic heterocycles. The number of primary amides is 1. The molecule has 2 unspecified atom stereocenters. The van der Waals surface area contributed by atoms with Crippen molar-refractivity contribution < 1.29 is 14.6 Å². The molecule has 1 aromatic rings. The topological polar surface area (TPSA) is 72.6 Å². The lowest BCUT2D eigenvalue weighted by atomic mass is 10.0. The van der Waals surface area contributed by atoms with Crippen LogP contribution in [0, 0.1) is 0 Å². The van der Waals surface area contributed by atoms with Gasteiger partial charge in [-0.1, -0.05) is 35.3 Å². The molecule has 0 saturated heterocycles. The molecule has 1 amide bonds. The average Bonchev–Trinajstić information content (AvgIpc) is 2.34. The summed E-state index contributed by atoms with van der Waals surface area (Å²) in [7, 11) is 0. The maximum absolute atomic E-state index is 11.0. The molecule has 19 heavy (non-hydrogen) atoms. The van der Waals surface area contributed by atoms with E-state index in [2.05, 4.69) is 6.58 Å². The normalized spacial score (nSPS) is 13.6. The molecule has 2 atom stereocenters. The standard InChI is InChI=1S/C13H15Cl2NO3/c1-2-3-7-10(17)12(19-13(16)18)11-8(14)5-4-6-9(11)15/h2,4-6,10,12,17H,1,3,7H2,(H2,16,18). The molecule has 3 N–H and O–H groups in total. The van der Waals surface area contributed by atoms with Crippen LogP contribution in [0.15, 0.2) is 30.9 Å². The van der Waals surface area contributed by atoms with E-state index in [1.807, 2.05) is 0 Å². The van der Waals surface area contributed by atoms with Crippen LogP contribution in [0.2, 0.25) is 10.0 Å². The van der Waals surface area contributed by atoms with Crippen LogP contribution in [0.3, 0.4) is 0 Å². The van der Waals surface area contributed by atoms with Gasteiger partial charge in [0.15, 0.2) is 6.10 Å². The van der Waals surface area contributed by atoms with Crippen LogP contribution in [-0.4, -0.2) is 17.3 Å². The second-order valence-electron chi connectivity index (χ2n) is 3.93. The van der Waals surface area contributed by atoms with Gasteiger partial charge in [-0.05, 0) is 25.0 Å². The van der Waals surface area contributed by atoms with Crippen molar-refractivity contribution in [2.75, 3.05) is 0 Å². The van der Waals surface area contributed by atoms with Gasteiger partial charge in [0.25, 0.3) is 0 Å². The summed E-state index contributed by atoms with van der Waals surface area (Å²) in [5.41, 5.74) is 5.37. The highest BCUT2D eigenvalue weighted by Gasteiger charge is 2.28. The molecule has 0 aromatic heterocycles. The summed E-state index contributed by atoms with van der Waals surface area (Å²) in [6, 6.07) is 4.85. The molecule has 0 bridgehead atoms. The fourth-order valence-electron chi connectivity index (χ4n) is 1.68. The Morgan fingerprint density at radius 1 is 1.47 bits per heavy atom. The zero-order valence-corrected chi connectivity index (χ0v) is 11.7. The minimum Gasteiger partial charge on any atom is -0.439 e. The van der Waals surface area contributed by atoms with Gasteiger partial charge in [-0.15, -0.1) is 6.58 Å². The number of amides is 1. The summed E-state index contributed by atoms with van der Waals surface area (Å²) in [4.78, 5) is 11.0. The van der Waals surface area contributed by atoms with Crippen LogP contribution in [0.25, 0.3) is 0 Å². The van der Waals surface area contributed by atoms with Gasteiger partial charge in [-0.2, -0.15) is 0 Å². The number of carbonyl (C=O) groups excluding carboxylic acids is 1. The predicted molar refractivity (Wildman–Crippen MR) is 75.3 cm³/mol. The molecule has 0 heterocycles. The number of halogens is 2. The first kappa shape index (κ1) is 15.8. The van der Waals surface area contributed by atoms with Gasteiger partial charge in [-0.25, -0.2) is 4.79 Å². The maximum Gasteiger partial charge on any atom is 0.405 e. The summed E-state index contributed by atoms with van der Waals surface area (Å²) < 4.78 is 4.94. The van der Waals surface area contributed by atoms with Crippen molar-refractivity contribution in [3.8, 4) is 0 Å². The van der Waals surface area contributed by atoms with Crippen LogP contribution in [0.4, 0.5) is 4.79 Å². The minimum absolute atomic E-state index is 0.302. The second kappa shape index (κ2) is 7.38. The second-order valence-corrected chi connectivity index (χ2v) is 4.74. The van der Waals surface area contributed by atoms with E-state index in [9.17, 15) is 9.90 Å². The third-order valence-corrected chi connectivity index (χ3v) is 3.20. The molecule has 4 nitrogen and oxygen atoms in total. The van der Waals surface area contributed by atoms with Gasteiger partial charge in [0.05, 0.1) is 6.10 Å². The molecule has 0 spiro atoms. The first-order valence-corrected chi connectivity index (χ1v) is 6.42. The zero-order valence-electron chi connectivity index (χ0n) is 10.2. The number of ether oxygens (including phenoxy) is 1. The Morgan fingerprint density at radius 3 is 2.53 bits per heavy atom. The number of allylic oxidation sites excluding steroid dienone is 1. The van der Waals surface area contributed by atoms with E-state index >= 15 is 0 Å². The highest BCUT2D eigenvalue weighted by atomic mass is 35.5. The van der Waals surface area contributed by atoms with Crippen molar-refractivity contribution >= 4 is 29.3 Å². The molecule has 0 saturated carbocycles. The largest absolute Gasteiger partial charge is 0.439 e. The van der Waals surface area contributed by atoms with Crippen molar-refractivity contribution in [1.29, 1.82) is 0 Å². The summed E-state index contributed by atoms with van der Waals surface area (Å²) >= 11 is 12.1. The zero-order chi connectivity index (χ0) is 14.4. The number of hydrogen-bond acceptors (Lipinski definition) is 3. The molecule has 6 heteroatoms. The van der Waals surface area contributed by atoms with Crippen LogP contribution in [-0.2, 0) is 4.74 Å². The molecule has 1 rings (SSSR count). The highest BCUT2D eigenvalue weighted by Crippen LogP contribution is 2.35.